The Labute approximate surface area is 190 Å². The molecule has 31 heavy (non-hydrogen) atoms. The molecule has 3 unspecified atom stereocenters. The number of rotatable bonds is 3. The van der Waals surface area contributed by atoms with Crippen LogP contribution in [0.1, 0.15) is 32.8 Å². The van der Waals surface area contributed by atoms with E-state index in [9.17, 15) is 9.59 Å². The Morgan fingerprint density at radius 2 is 1.84 bits per heavy atom. The van der Waals surface area contributed by atoms with Crippen LogP contribution in [0.2, 0.25) is 10.0 Å². The van der Waals surface area contributed by atoms with Crippen LogP contribution in [0.4, 0.5) is 0 Å². The molecule has 1 N–H and O–H groups in total. The van der Waals surface area contributed by atoms with Crippen LogP contribution in [0.5, 0.6) is 0 Å². The van der Waals surface area contributed by atoms with Gasteiger partial charge in [-0.1, -0.05) is 47.5 Å². The highest BCUT2D eigenvalue weighted by molar-refractivity contribution is 6.43. The number of halogens is 2. The molecule has 1 saturated carbocycles. The maximum absolute atomic E-state index is 13.2. The molecule has 2 amide bonds. The number of amides is 2. The van der Waals surface area contributed by atoms with Gasteiger partial charge in [-0.05, 0) is 37.5 Å². The smallest absolute Gasteiger partial charge is 0.255 e. The number of likely N-dealkylation sites (tertiary alicyclic amines) is 1. The second-order valence-electron chi connectivity index (χ2n) is 8.59. The Bertz CT molecular complexity index is 1220. The van der Waals surface area contributed by atoms with E-state index in [-0.39, 0.29) is 23.8 Å². The zero-order valence-electron chi connectivity index (χ0n) is 17.4. The summed E-state index contributed by atoms with van der Waals surface area (Å²) in [5.74, 6) is 0.527. The zero-order valence-corrected chi connectivity index (χ0v) is 18.9. The van der Waals surface area contributed by atoms with Gasteiger partial charge in [-0.15, -0.1) is 0 Å². The Hall–Kier alpha value is -2.50. The second kappa shape index (κ2) is 7.57. The van der Waals surface area contributed by atoms with E-state index in [0.29, 0.717) is 34.6 Å². The van der Waals surface area contributed by atoms with Gasteiger partial charge in [0.05, 0.1) is 21.2 Å². The number of benzene rings is 2. The summed E-state index contributed by atoms with van der Waals surface area (Å²) in [5, 5.41) is 4.88. The molecular weight excluding hydrogens is 433 g/mol. The fourth-order valence-corrected chi connectivity index (χ4v) is 5.51. The third-order valence-corrected chi connectivity index (χ3v) is 7.80. The largest absolute Gasteiger partial charge is 0.349 e. The summed E-state index contributed by atoms with van der Waals surface area (Å²) in [6.07, 6.45) is 0.882. The van der Waals surface area contributed by atoms with Crippen LogP contribution in [-0.4, -0.2) is 40.4 Å². The number of aryl methyl sites for hydroxylation is 1. The standard InChI is InChI=1S/C24H23Cl2N3O2/c1-13-21(15-6-3-4-9-20(15)28(13)2)23(30)27-19-10-14-11-29(12-17(14)19)24(31)16-7-5-8-18(25)22(16)26/h3-9,14,17,19H,10-12H2,1-2H3,(H,27,30). The summed E-state index contributed by atoms with van der Waals surface area (Å²) in [6.45, 7) is 3.28. The molecule has 2 heterocycles. The van der Waals surface area contributed by atoms with E-state index in [2.05, 4.69) is 9.88 Å². The number of hydrogen-bond acceptors (Lipinski definition) is 2. The summed E-state index contributed by atoms with van der Waals surface area (Å²) in [4.78, 5) is 28.0. The molecule has 160 valence electrons. The van der Waals surface area contributed by atoms with Crippen molar-refractivity contribution in [1.82, 2.24) is 14.8 Å². The summed E-state index contributed by atoms with van der Waals surface area (Å²) in [6, 6.07) is 13.2. The van der Waals surface area contributed by atoms with Gasteiger partial charge < -0.3 is 14.8 Å². The Balaban J connectivity index is 1.30. The van der Waals surface area contributed by atoms with Crippen LogP contribution < -0.4 is 5.32 Å². The molecule has 3 atom stereocenters. The van der Waals surface area contributed by atoms with E-state index in [1.54, 1.807) is 18.2 Å². The minimum Gasteiger partial charge on any atom is -0.349 e. The average Bonchev–Trinajstić information content (AvgIpc) is 3.22. The van der Waals surface area contributed by atoms with Crippen molar-refractivity contribution >= 4 is 45.9 Å². The van der Waals surface area contributed by atoms with Crippen LogP contribution in [0.3, 0.4) is 0 Å². The van der Waals surface area contributed by atoms with E-state index in [1.807, 2.05) is 43.1 Å². The molecule has 2 aromatic carbocycles. The fourth-order valence-electron chi connectivity index (χ4n) is 5.13. The molecule has 2 fully saturated rings. The quantitative estimate of drug-likeness (QED) is 0.622. The molecule has 1 aromatic heterocycles. The number of hydrogen-bond donors (Lipinski definition) is 1. The van der Waals surface area contributed by atoms with Crippen LogP contribution in [-0.2, 0) is 7.05 Å². The van der Waals surface area contributed by atoms with Crippen LogP contribution in [0.15, 0.2) is 42.5 Å². The van der Waals surface area contributed by atoms with Crippen molar-refractivity contribution in [2.75, 3.05) is 13.1 Å². The van der Waals surface area contributed by atoms with E-state index in [0.717, 1.165) is 28.6 Å². The molecule has 1 aliphatic heterocycles. The molecule has 5 nitrogen and oxygen atoms in total. The molecule has 7 heteroatoms. The SMILES string of the molecule is Cc1c(C(=O)NC2CC3CN(C(=O)c4cccc(Cl)c4Cl)CC32)c2ccccc2n1C. The van der Waals surface area contributed by atoms with Gasteiger partial charge >= 0.3 is 0 Å². The molecule has 3 aromatic rings. The molecule has 0 bridgehead atoms. The highest BCUT2D eigenvalue weighted by Gasteiger charge is 2.49. The maximum Gasteiger partial charge on any atom is 0.255 e. The van der Waals surface area contributed by atoms with E-state index in [4.69, 9.17) is 23.2 Å². The van der Waals surface area contributed by atoms with E-state index in [1.165, 1.54) is 0 Å². The van der Waals surface area contributed by atoms with Gasteiger partial charge in [0, 0.05) is 48.7 Å². The zero-order chi connectivity index (χ0) is 21.9. The lowest BCUT2D eigenvalue weighted by atomic mass is 9.71. The predicted octanol–water partition coefficient (Wildman–Crippen LogP) is 4.68. The topological polar surface area (TPSA) is 54.3 Å². The first-order valence-electron chi connectivity index (χ1n) is 10.4. The van der Waals surface area contributed by atoms with Gasteiger partial charge in [0.25, 0.3) is 11.8 Å². The number of nitrogens with zero attached hydrogens (tertiary/aromatic N) is 2. The summed E-state index contributed by atoms with van der Waals surface area (Å²) in [7, 11) is 1.98. The number of carbonyl (C=O) groups excluding carboxylic acids is 2. The second-order valence-corrected chi connectivity index (χ2v) is 9.37. The lowest BCUT2D eigenvalue weighted by molar-refractivity contribution is 0.0787. The first kappa shape index (κ1) is 20.4. The van der Waals surface area contributed by atoms with Crippen LogP contribution in [0, 0.1) is 18.8 Å². The number of carbonyl (C=O) groups is 2. The Kier molecular flexibility index (Phi) is 4.98. The monoisotopic (exact) mass is 455 g/mol. The molecule has 0 spiro atoms. The summed E-state index contributed by atoms with van der Waals surface area (Å²) < 4.78 is 2.05. The number of nitrogens with one attached hydrogen (secondary N) is 1. The van der Waals surface area contributed by atoms with E-state index < -0.39 is 0 Å². The molecule has 5 rings (SSSR count). The highest BCUT2D eigenvalue weighted by atomic mass is 35.5. The number of para-hydroxylation sites is 1. The minimum atomic E-state index is -0.100. The molecule has 0 radical (unpaired) electrons. The number of fused-ring (bicyclic) bond motifs is 2. The van der Waals surface area contributed by atoms with Gasteiger partial charge in [0.15, 0.2) is 0 Å². The van der Waals surface area contributed by atoms with Crippen LogP contribution in [0.25, 0.3) is 10.9 Å². The van der Waals surface area contributed by atoms with Crippen molar-refractivity contribution in [3.63, 3.8) is 0 Å². The van der Waals surface area contributed by atoms with Crippen molar-refractivity contribution < 1.29 is 9.59 Å². The van der Waals surface area contributed by atoms with Gasteiger partial charge in [-0.3, -0.25) is 9.59 Å². The van der Waals surface area contributed by atoms with Gasteiger partial charge in [-0.25, -0.2) is 0 Å². The molecule has 1 aliphatic carbocycles. The van der Waals surface area contributed by atoms with Gasteiger partial charge in [-0.2, -0.15) is 0 Å². The lowest BCUT2D eigenvalue weighted by Gasteiger charge is -2.39. The van der Waals surface area contributed by atoms with Crippen molar-refractivity contribution in [3.8, 4) is 0 Å². The average molecular weight is 456 g/mol. The van der Waals surface area contributed by atoms with Gasteiger partial charge in [0.2, 0.25) is 0 Å². The first-order valence-corrected chi connectivity index (χ1v) is 11.2. The predicted molar refractivity (Wildman–Crippen MR) is 123 cm³/mol. The third kappa shape index (κ3) is 3.22. The van der Waals surface area contributed by atoms with Crippen molar-refractivity contribution in [2.45, 2.75) is 19.4 Å². The molecule has 2 aliphatic rings. The Morgan fingerprint density at radius 3 is 2.65 bits per heavy atom. The highest BCUT2D eigenvalue weighted by Crippen LogP contribution is 2.42. The maximum atomic E-state index is 13.2. The summed E-state index contributed by atoms with van der Waals surface area (Å²) in [5.41, 5.74) is 3.17. The fraction of sp³-hybridized carbons (Fsp3) is 0.333. The van der Waals surface area contributed by atoms with Crippen molar-refractivity contribution in [1.29, 1.82) is 0 Å². The summed E-state index contributed by atoms with van der Waals surface area (Å²) >= 11 is 12.3. The van der Waals surface area contributed by atoms with Crippen molar-refractivity contribution in [2.24, 2.45) is 18.9 Å². The third-order valence-electron chi connectivity index (χ3n) is 6.98. The molecular formula is C24H23Cl2N3O2. The lowest BCUT2D eigenvalue weighted by Crippen LogP contribution is -2.52. The van der Waals surface area contributed by atoms with Crippen LogP contribution >= 0.6 is 23.2 Å². The molecule has 1 saturated heterocycles. The van der Waals surface area contributed by atoms with Gasteiger partial charge in [0.1, 0.15) is 0 Å². The first-order chi connectivity index (χ1) is 14.9. The van der Waals surface area contributed by atoms with E-state index >= 15 is 0 Å². The normalized spacial score (nSPS) is 22.3. The number of aromatic nitrogens is 1. The van der Waals surface area contributed by atoms with Crippen molar-refractivity contribution in [3.05, 3.63) is 69.3 Å². The minimum absolute atomic E-state index is 0.0413. The Morgan fingerprint density at radius 1 is 1.06 bits per heavy atom.